The molecule has 1 rings (SSSR count). The van der Waals surface area contributed by atoms with Gasteiger partial charge in [0.2, 0.25) is 0 Å². The number of aryl methyl sites for hydroxylation is 1. The Balaban J connectivity index is 2.99. The maximum Gasteiger partial charge on any atom is 0.326 e. The van der Waals surface area contributed by atoms with Crippen LogP contribution in [0.4, 0.5) is 5.69 Å². The molecule has 8 heteroatoms. The Bertz CT molecular complexity index is 561. The van der Waals surface area contributed by atoms with E-state index in [1.54, 1.807) is 6.92 Å². The summed E-state index contributed by atoms with van der Waals surface area (Å²) in [7, 11) is 0. The molecule has 7 nitrogen and oxygen atoms in total. The second-order valence-corrected chi connectivity index (χ2v) is 5.41. The summed E-state index contributed by atoms with van der Waals surface area (Å²) in [6.07, 6.45) is 2.08. The Hall–Kier alpha value is -2.09. The number of hydrogen-bond acceptors (Lipinski definition) is 5. The highest BCUT2D eigenvalue weighted by Crippen LogP contribution is 2.20. The Morgan fingerprint density at radius 1 is 1.48 bits per heavy atom. The van der Waals surface area contributed by atoms with Crippen molar-refractivity contribution in [3.05, 3.63) is 39.4 Å². The van der Waals surface area contributed by atoms with Gasteiger partial charge in [-0.05, 0) is 37.0 Å². The molecule has 21 heavy (non-hydrogen) atoms. The molecule has 0 saturated heterocycles. The maximum absolute atomic E-state index is 12.1. The highest BCUT2D eigenvalue weighted by molar-refractivity contribution is 7.98. The number of nitrogens with one attached hydrogen (secondary N) is 1. The van der Waals surface area contributed by atoms with Gasteiger partial charge >= 0.3 is 5.97 Å². The summed E-state index contributed by atoms with van der Waals surface area (Å²) in [6, 6.07) is 3.07. The van der Waals surface area contributed by atoms with E-state index in [0.717, 1.165) is 0 Å². The van der Waals surface area contributed by atoms with E-state index in [-0.39, 0.29) is 17.7 Å². The molecule has 0 aliphatic carbocycles. The van der Waals surface area contributed by atoms with Crippen molar-refractivity contribution in [1.82, 2.24) is 5.32 Å². The van der Waals surface area contributed by atoms with E-state index in [1.807, 2.05) is 6.26 Å². The maximum atomic E-state index is 12.1. The topological polar surface area (TPSA) is 110 Å². The average molecular weight is 312 g/mol. The number of nitro benzene ring substituents is 1. The standard InChI is InChI=1S/C13H16N2O5S/c1-8-3-4-11(15(19)20)9(7-8)12(16)14-10(13(17)18)5-6-21-2/h3-4,7,10H,5-6H2,1-2H3,(H,14,16)(H,17,18). The highest BCUT2D eigenvalue weighted by Gasteiger charge is 2.25. The molecule has 1 aromatic carbocycles. The Morgan fingerprint density at radius 2 is 2.14 bits per heavy atom. The molecule has 2 N–H and O–H groups in total. The van der Waals surface area contributed by atoms with Crippen LogP contribution in [0.1, 0.15) is 22.3 Å². The van der Waals surface area contributed by atoms with Crippen molar-refractivity contribution in [2.75, 3.05) is 12.0 Å². The summed E-state index contributed by atoms with van der Waals surface area (Å²) in [5.41, 5.74) is 0.212. The minimum atomic E-state index is -1.16. The van der Waals surface area contributed by atoms with Gasteiger partial charge in [-0.3, -0.25) is 14.9 Å². The summed E-state index contributed by atoms with van der Waals surface area (Å²) in [6.45, 7) is 1.70. The molecule has 0 spiro atoms. The number of carboxylic acid groups (broad SMARTS) is 1. The van der Waals surface area contributed by atoms with Crippen LogP contribution in [0.3, 0.4) is 0 Å². The van der Waals surface area contributed by atoms with E-state index in [2.05, 4.69) is 5.32 Å². The van der Waals surface area contributed by atoms with Crippen LogP contribution in [-0.2, 0) is 4.79 Å². The Labute approximate surface area is 125 Å². The SMILES string of the molecule is CSCCC(NC(=O)c1cc(C)ccc1[N+](=O)[O-])C(=O)O. The third-order valence-electron chi connectivity index (χ3n) is 2.81. The van der Waals surface area contributed by atoms with Gasteiger partial charge in [0.15, 0.2) is 0 Å². The van der Waals surface area contributed by atoms with Gasteiger partial charge in [-0.25, -0.2) is 4.79 Å². The molecule has 1 amide bonds. The van der Waals surface area contributed by atoms with Crippen molar-refractivity contribution >= 4 is 29.3 Å². The van der Waals surface area contributed by atoms with Gasteiger partial charge in [0.1, 0.15) is 11.6 Å². The van der Waals surface area contributed by atoms with E-state index in [9.17, 15) is 19.7 Å². The van der Waals surface area contributed by atoms with E-state index in [0.29, 0.717) is 11.3 Å². The number of aliphatic carboxylic acids is 1. The zero-order valence-electron chi connectivity index (χ0n) is 11.7. The summed E-state index contributed by atoms with van der Waals surface area (Å²) in [5.74, 6) is -1.35. The van der Waals surface area contributed by atoms with Crippen molar-refractivity contribution in [1.29, 1.82) is 0 Å². The first kappa shape index (κ1) is 17.0. The number of thioether (sulfide) groups is 1. The van der Waals surface area contributed by atoms with Crippen molar-refractivity contribution in [2.45, 2.75) is 19.4 Å². The van der Waals surface area contributed by atoms with E-state index in [1.165, 1.54) is 30.0 Å². The molecular weight excluding hydrogens is 296 g/mol. The van der Waals surface area contributed by atoms with E-state index >= 15 is 0 Å². The zero-order valence-corrected chi connectivity index (χ0v) is 12.5. The van der Waals surface area contributed by atoms with E-state index in [4.69, 9.17) is 5.11 Å². The summed E-state index contributed by atoms with van der Waals surface area (Å²) in [5, 5.41) is 22.3. The minimum absolute atomic E-state index is 0.129. The summed E-state index contributed by atoms with van der Waals surface area (Å²) >= 11 is 1.46. The van der Waals surface area contributed by atoms with Gasteiger partial charge in [-0.15, -0.1) is 0 Å². The molecule has 1 atom stereocenters. The molecule has 114 valence electrons. The van der Waals surface area contributed by atoms with Crippen LogP contribution in [0.25, 0.3) is 0 Å². The molecule has 1 unspecified atom stereocenters. The van der Waals surface area contributed by atoms with Crippen LogP contribution in [-0.4, -0.2) is 40.0 Å². The number of hydrogen-bond donors (Lipinski definition) is 2. The average Bonchev–Trinajstić information content (AvgIpc) is 2.42. The molecule has 0 fully saturated rings. The smallest absolute Gasteiger partial charge is 0.326 e. The third-order valence-corrected chi connectivity index (χ3v) is 3.45. The van der Waals surface area contributed by atoms with Crippen molar-refractivity contribution in [3.8, 4) is 0 Å². The fourth-order valence-electron chi connectivity index (χ4n) is 1.72. The van der Waals surface area contributed by atoms with Gasteiger partial charge in [-0.1, -0.05) is 6.07 Å². The lowest BCUT2D eigenvalue weighted by Gasteiger charge is -2.14. The summed E-state index contributed by atoms with van der Waals surface area (Å²) < 4.78 is 0. The fraction of sp³-hybridized carbons (Fsp3) is 0.385. The molecule has 0 radical (unpaired) electrons. The van der Waals surface area contributed by atoms with Gasteiger partial charge < -0.3 is 10.4 Å². The number of amides is 1. The highest BCUT2D eigenvalue weighted by atomic mass is 32.2. The first-order valence-corrected chi connectivity index (χ1v) is 7.54. The lowest BCUT2D eigenvalue weighted by Crippen LogP contribution is -2.41. The number of carboxylic acids is 1. The largest absolute Gasteiger partial charge is 0.480 e. The number of rotatable bonds is 7. The van der Waals surface area contributed by atoms with Crippen LogP contribution in [0.2, 0.25) is 0 Å². The normalized spacial score (nSPS) is 11.7. The number of nitro groups is 1. The molecule has 0 aromatic heterocycles. The monoisotopic (exact) mass is 312 g/mol. The Kier molecular flexibility index (Phi) is 6.16. The molecule has 0 bridgehead atoms. The molecule has 1 aromatic rings. The van der Waals surface area contributed by atoms with Crippen molar-refractivity contribution < 1.29 is 19.6 Å². The first-order chi connectivity index (χ1) is 9.86. The second-order valence-electron chi connectivity index (χ2n) is 4.42. The van der Waals surface area contributed by atoms with Gasteiger partial charge in [0.25, 0.3) is 11.6 Å². The fourth-order valence-corrected chi connectivity index (χ4v) is 2.19. The van der Waals surface area contributed by atoms with Gasteiger partial charge in [-0.2, -0.15) is 11.8 Å². The first-order valence-electron chi connectivity index (χ1n) is 6.14. The Morgan fingerprint density at radius 3 is 2.67 bits per heavy atom. The number of carbonyl (C=O) groups is 2. The van der Waals surface area contributed by atoms with Crippen LogP contribution in [0.5, 0.6) is 0 Å². The van der Waals surface area contributed by atoms with Crippen LogP contribution < -0.4 is 5.32 Å². The number of nitrogens with zero attached hydrogens (tertiary/aromatic N) is 1. The molecule has 0 aliphatic rings. The molecule has 0 saturated carbocycles. The molecular formula is C13H16N2O5S. The lowest BCUT2D eigenvalue weighted by molar-refractivity contribution is -0.385. The molecule has 0 heterocycles. The number of carbonyl (C=O) groups excluding carboxylic acids is 1. The van der Waals surface area contributed by atoms with E-state index < -0.39 is 22.8 Å². The number of benzene rings is 1. The minimum Gasteiger partial charge on any atom is -0.480 e. The summed E-state index contributed by atoms with van der Waals surface area (Å²) in [4.78, 5) is 33.5. The van der Waals surface area contributed by atoms with Gasteiger partial charge in [0.05, 0.1) is 4.92 Å². The third kappa shape index (κ3) is 4.75. The van der Waals surface area contributed by atoms with Crippen molar-refractivity contribution in [3.63, 3.8) is 0 Å². The predicted octanol–water partition coefficient (Wildman–Crippen LogP) is 1.84. The van der Waals surface area contributed by atoms with Gasteiger partial charge in [0, 0.05) is 6.07 Å². The van der Waals surface area contributed by atoms with Crippen LogP contribution in [0.15, 0.2) is 18.2 Å². The lowest BCUT2D eigenvalue weighted by atomic mass is 10.1. The quantitative estimate of drug-likeness (QED) is 0.587. The van der Waals surface area contributed by atoms with Crippen LogP contribution >= 0.6 is 11.8 Å². The zero-order chi connectivity index (χ0) is 16.0. The van der Waals surface area contributed by atoms with Crippen molar-refractivity contribution in [2.24, 2.45) is 0 Å². The molecule has 0 aliphatic heterocycles. The second kappa shape index (κ2) is 7.63. The predicted molar refractivity (Wildman–Crippen MR) is 79.7 cm³/mol. The van der Waals surface area contributed by atoms with Crippen LogP contribution in [0, 0.1) is 17.0 Å².